The second-order valence-electron chi connectivity index (χ2n) is 6.94. The number of rotatable bonds is 10. The molecule has 2 heteroatoms. The Bertz CT molecular complexity index is 445. The minimum atomic E-state index is 0.296. The number of hydrogen-bond acceptors (Lipinski definition) is 2. The van der Waals surface area contributed by atoms with Gasteiger partial charge in [-0.25, -0.2) is 0 Å². The van der Waals surface area contributed by atoms with Gasteiger partial charge in [-0.15, -0.1) is 0 Å². The van der Waals surface area contributed by atoms with Gasteiger partial charge in [0.1, 0.15) is 0 Å². The first-order chi connectivity index (χ1) is 11.3. The third-order valence-electron chi connectivity index (χ3n) is 4.95. The number of piperidine rings is 1. The number of nitrogens with zero attached hydrogens (tertiary/aromatic N) is 1. The molecule has 1 aliphatic heterocycles. The summed E-state index contributed by atoms with van der Waals surface area (Å²) >= 11 is 0. The maximum atomic E-state index is 12.3. The van der Waals surface area contributed by atoms with Crippen LogP contribution in [0.2, 0.25) is 0 Å². The molecule has 128 valence electrons. The summed E-state index contributed by atoms with van der Waals surface area (Å²) in [5.41, 5.74) is 2.26. The minimum Gasteiger partial charge on any atom is -0.303 e. The van der Waals surface area contributed by atoms with Gasteiger partial charge in [-0.3, -0.25) is 4.79 Å². The zero-order valence-electron chi connectivity index (χ0n) is 14.9. The average Bonchev–Trinajstić information content (AvgIpc) is 2.61. The molecular weight excluding hydrogens is 282 g/mol. The molecule has 0 aromatic heterocycles. The van der Waals surface area contributed by atoms with Crippen molar-refractivity contribution in [1.82, 2.24) is 4.90 Å². The molecule has 1 heterocycles. The van der Waals surface area contributed by atoms with Crippen molar-refractivity contribution in [3.05, 3.63) is 35.4 Å². The highest BCUT2D eigenvalue weighted by molar-refractivity contribution is 5.96. The summed E-state index contributed by atoms with van der Waals surface area (Å²) in [6.07, 6.45) is 12.3. The van der Waals surface area contributed by atoms with E-state index < -0.39 is 0 Å². The van der Waals surface area contributed by atoms with E-state index in [4.69, 9.17) is 0 Å². The molecule has 1 aromatic rings. The molecule has 0 N–H and O–H groups in total. The highest BCUT2D eigenvalue weighted by Crippen LogP contribution is 2.13. The monoisotopic (exact) mass is 315 g/mol. The van der Waals surface area contributed by atoms with Gasteiger partial charge in [-0.1, -0.05) is 63.3 Å². The van der Waals surface area contributed by atoms with E-state index in [1.165, 1.54) is 70.0 Å². The molecule has 0 bridgehead atoms. The van der Waals surface area contributed by atoms with Gasteiger partial charge in [0.2, 0.25) is 0 Å². The summed E-state index contributed by atoms with van der Waals surface area (Å²) in [5, 5.41) is 0. The van der Waals surface area contributed by atoms with E-state index in [0.29, 0.717) is 12.2 Å². The van der Waals surface area contributed by atoms with Crippen molar-refractivity contribution < 1.29 is 4.79 Å². The lowest BCUT2D eigenvalue weighted by atomic mass is 10.0. The van der Waals surface area contributed by atoms with Gasteiger partial charge in [0.25, 0.3) is 0 Å². The number of hydrogen-bond donors (Lipinski definition) is 0. The molecule has 0 atom stereocenters. The van der Waals surface area contributed by atoms with Gasteiger partial charge >= 0.3 is 0 Å². The Balaban J connectivity index is 1.69. The van der Waals surface area contributed by atoms with Crippen LogP contribution in [0.25, 0.3) is 0 Å². The molecule has 0 saturated carbocycles. The third kappa shape index (κ3) is 6.87. The number of aryl methyl sites for hydroxylation is 1. The first-order valence-electron chi connectivity index (χ1n) is 9.64. The van der Waals surface area contributed by atoms with Crippen LogP contribution in [0.4, 0.5) is 0 Å². The van der Waals surface area contributed by atoms with E-state index in [0.717, 1.165) is 18.5 Å². The van der Waals surface area contributed by atoms with Crippen molar-refractivity contribution in [3.8, 4) is 0 Å². The Morgan fingerprint density at radius 1 is 0.957 bits per heavy atom. The van der Waals surface area contributed by atoms with Crippen molar-refractivity contribution in [2.75, 3.05) is 19.6 Å². The number of unbranched alkanes of at least 4 members (excludes halogenated alkanes) is 4. The number of benzene rings is 1. The molecule has 1 aliphatic rings. The summed E-state index contributed by atoms with van der Waals surface area (Å²) in [5.74, 6) is 0.296. The Hall–Kier alpha value is -1.15. The maximum absolute atomic E-state index is 12.3. The van der Waals surface area contributed by atoms with Crippen LogP contribution in [-0.4, -0.2) is 30.3 Å². The summed E-state index contributed by atoms with van der Waals surface area (Å²) < 4.78 is 0. The fraction of sp³-hybridized carbons (Fsp3) is 0.667. The van der Waals surface area contributed by atoms with E-state index >= 15 is 0 Å². The standard InChI is InChI=1S/C21H33NO/c1-2-3-4-5-7-10-19-11-13-20(14-12-19)21(23)15-18-22-16-8-6-9-17-22/h11-14H,2-10,15-18H2,1H3. The van der Waals surface area contributed by atoms with Crippen LogP contribution >= 0.6 is 0 Å². The molecule has 1 saturated heterocycles. The van der Waals surface area contributed by atoms with Gasteiger partial charge in [0.05, 0.1) is 0 Å². The Morgan fingerprint density at radius 2 is 1.65 bits per heavy atom. The van der Waals surface area contributed by atoms with Crippen molar-refractivity contribution in [2.45, 2.75) is 71.1 Å². The predicted molar refractivity (Wildman–Crippen MR) is 98.1 cm³/mol. The molecule has 1 fully saturated rings. The number of Topliss-reactive ketones (excluding diaryl/α,β-unsaturated/α-hetero) is 1. The van der Waals surface area contributed by atoms with Gasteiger partial charge in [-0.2, -0.15) is 0 Å². The van der Waals surface area contributed by atoms with Crippen LogP contribution in [0.3, 0.4) is 0 Å². The van der Waals surface area contributed by atoms with Gasteiger partial charge in [-0.05, 0) is 44.3 Å². The number of likely N-dealkylation sites (tertiary alicyclic amines) is 1. The van der Waals surface area contributed by atoms with Gasteiger partial charge < -0.3 is 4.90 Å². The van der Waals surface area contributed by atoms with Crippen molar-refractivity contribution in [3.63, 3.8) is 0 Å². The highest BCUT2D eigenvalue weighted by atomic mass is 16.1. The topological polar surface area (TPSA) is 20.3 Å². The molecule has 0 aliphatic carbocycles. The third-order valence-corrected chi connectivity index (χ3v) is 4.95. The van der Waals surface area contributed by atoms with Crippen LogP contribution in [-0.2, 0) is 6.42 Å². The molecule has 2 nitrogen and oxygen atoms in total. The highest BCUT2D eigenvalue weighted by Gasteiger charge is 2.12. The van der Waals surface area contributed by atoms with E-state index in [1.807, 2.05) is 12.1 Å². The van der Waals surface area contributed by atoms with Crippen molar-refractivity contribution >= 4 is 5.78 Å². The fourth-order valence-corrected chi connectivity index (χ4v) is 3.38. The maximum Gasteiger partial charge on any atom is 0.164 e. The molecule has 23 heavy (non-hydrogen) atoms. The fourth-order valence-electron chi connectivity index (χ4n) is 3.38. The quantitative estimate of drug-likeness (QED) is 0.434. The molecular formula is C21H33NO. The Labute approximate surface area is 142 Å². The van der Waals surface area contributed by atoms with Crippen LogP contribution < -0.4 is 0 Å². The van der Waals surface area contributed by atoms with Gasteiger partial charge in [0.15, 0.2) is 5.78 Å². The lowest BCUT2D eigenvalue weighted by Gasteiger charge is -2.25. The molecule has 0 radical (unpaired) electrons. The Morgan fingerprint density at radius 3 is 2.35 bits per heavy atom. The summed E-state index contributed by atoms with van der Waals surface area (Å²) in [6, 6.07) is 8.35. The van der Waals surface area contributed by atoms with Crippen LogP contribution in [0, 0.1) is 0 Å². The second-order valence-corrected chi connectivity index (χ2v) is 6.94. The molecule has 2 rings (SSSR count). The number of carbonyl (C=O) groups is 1. The lowest BCUT2D eigenvalue weighted by molar-refractivity contribution is 0.0958. The zero-order valence-corrected chi connectivity index (χ0v) is 14.9. The van der Waals surface area contributed by atoms with Crippen LogP contribution in [0.5, 0.6) is 0 Å². The number of carbonyl (C=O) groups excluding carboxylic acids is 1. The first-order valence-corrected chi connectivity index (χ1v) is 9.64. The zero-order chi connectivity index (χ0) is 16.3. The minimum absolute atomic E-state index is 0.296. The summed E-state index contributed by atoms with van der Waals surface area (Å²) in [7, 11) is 0. The van der Waals surface area contributed by atoms with E-state index in [9.17, 15) is 4.79 Å². The summed E-state index contributed by atoms with van der Waals surface area (Å²) in [6.45, 7) is 5.52. The average molecular weight is 316 g/mol. The molecule has 1 aromatic carbocycles. The van der Waals surface area contributed by atoms with Crippen LogP contribution in [0.15, 0.2) is 24.3 Å². The molecule has 0 unspecified atom stereocenters. The largest absolute Gasteiger partial charge is 0.303 e. The van der Waals surface area contributed by atoms with E-state index in [1.54, 1.807) is 0 Å². The van der Waals surface area contributed by atoms with Crippen molar-refractivity contribution in [1.29, 1.82) is 0 Å². The van der Waals surface area contributed by atoms with Crippen molar-refractivity contribution in [2.24, 2.45) is 0 Å². The van der Waals surface area contributed by atoms with Crippen LogP contribution in [0.1, 0.15) is 80.6 Å². The first kappa shape index (κ1) is 18.2. The lowest BCUT2D eigenvalue weighted by Crippen LogP contribution is -2.31. The SMILES string of the molecule is CCCCCCCc1ccc(C(=O)CCN2CCCCC2)cc1. The van der Waals surface area contributed by atoms with E-state index in [2.05, 4.69) is 24.0 Å². The number of ketones is 1. The second kappa shape index (κ2) is 10.6. The molecule has 0 spiro atoms. The van der Waals surface area contributed by atoms with Gasteiger partial charge in [0, 0.05) is 18.5 Å². The normalized spacial score (nSPS) is 15.7. The molecule has 0 amide bonds. The smallest absolute Gasteiger partial charge is 0.164 e. The summed E-state index contributed by atoms with van der Waals surface area (Å²) in [4.78, 5) is 14.7. The van der Waals surface area contributed by atoms with E-state index in [-0.39, 0.29) is 0 Å². The Kier molecular flexibility index (Phi) is 8.38. The predicted octanol–water partition coefficient (Wildman–Crippen LogP) is 5.26.